The summed E-state index contributed by atoms with van der Waals surface area (Å²) in [4.78, 5) is 24.3. The van der Waals surface area contributed by atoms with Crippen LogP contribution in [-0.4, -0.2) is 21.5 Å². The topological polar surface area (TPSA) is 85.3 Å². The number of halogens is 2. The molecule has 25 heavy (non-hydrogen) atoms. The molecule has 2 aromatic carbocycles. The van der Waals surface area contributed by atoms with Crippen molar-refractivity contribution in [3.8, 4) is 5.75 Å². The van der Waals surface area contributed by atoms with Crippen molar-refractivity contribution in [1.82, 2.24) is 4.57 Å². The molecule has 0 fully saturated rings. The summed E-state index contributed by atoms with van der Waals surface area (Å²) in [7, 11) is 0. The highest BCUT2D eigenvalue weighted by molar-refractivity contribution is 6.30. The molecule has 0 spiro atoms. The van der Waals surface area contributed by atoms with Crippen LogP contribution >= 0.6 is 11.6 Å². The number of nitrogens with zero attached hydrogens (tertiary/aromatic N) is 1. The van der Waals surface area contributed by atoms with E-state index in [2.05, 4.69) is 0 Å². The van der Waals surface area contributed by atoms with Crippen LogP contribution in [-0.2, 0) is 11.2 Å². The molecule has 128 valence electrons. The first-order valence-corrected chi connectivity index (χ1v) is 7.78. The van der Waals surface area contributed by atoms with Crippen molar-refractivity contribution in [2.75, 3.05) is 0 Å². The van der Waals surface area contributed by atoms with E-state index in [1.165, 1.54) is 10.6 Å². The Bertz CT molecular complexity index is 1010. The number of carbonyl (C=O) groups is 2. The molecule has 0 bridgehead atoms. The van der Waals surface area contributed by atoms with Crippen LogP contribution < -0.4 is 5.73 Å². The number of phenols is 1. The maximum Gasteiger partial charge on any atom is 0.262 e. The van der Waals surface area contributed by atoms with Crippen molar-refractivity contribution in [3.63, 3.8) is 0 Å². The number of fused-ring (bicyclic) bond motifs is 1. The average Bonchev–Trinajstić information content (AvgIpc) is 2.80. The summed E-state index contributed by atoms with van der Waals surface area (Å²) in [6.45, 7) is 1.64. The lowest BCUT2D eigenvalue weighted by atomic mass is 10.1. The number of aromatic hydroxyl groups is 1. The number of phenolic OH excluding ortho intramolecular Hbond substituents is 1. The van der Waals surface area contributed by atoms with Gasteiger partial charge in [-0.3, -0.25) is 14.2 Å². The molecule has 1 aromatic heterocycles. The quantitative estimate of drug-likeness (QED) is 0.752. The lowest BCUT2D eigenvalue weighted by Gasteiger charge is -2.08. The number of carbonyl (C=O) groups excluding carboxylic acids is 2. The second-order valence-electron chi connectivity index (χ2n) is 5.68. The summed E-state index contributed by atoms with van der Waals surface area (Å²) in [5.41, 5.74) is 6.81. The normalized spacial score (nSPS) is 11.0. The van der Waals surface area contributed by atoms with Gasteiger partial charge < -0.3 is 10.8 Å². The molecule has 5 nitrogen and oxygen atoms in total. The minimum atomic E-state index is -0.860. The number of aromatic nitrogens is 1. The first-order chi connectivity index (χ1) is 11.8. The van der Waals surface area contributed by atoms with Gasteiger partial charge in [-0.1, -0.05) is 11.6 Å². The largest absolute Gasteiger partial charge is 0.505 e. The highest BCUT2D eigenvalue weighted by atomic mass is 35.5. The third kappa shape index (κ3) is 2.96. The van der Waals surface area contributed by atoms with E-state index in [9.17, 15) is 19.1 Å². The smallest absolute Gasteiger partial charge is 0.262 e. The Morgan fingerprint density at radius 2 is 1.88 bits per heavy atom. The molecule has 1 amide bonds. The zero-order valence-electron chi connectivity index (χ0n) is 13.2. The Morgan fingerprint density at radius 1 is 1.24 bits per heavy atom. The van der Waals surface area contributed by atoms with Gasteiger partial charge in [0, 0.05) is 27.7 Å². The van der Waals surface area contributed by atoms with Crippen LogP contribution in [0.5, 0.6) is 5.75 Å². The van der Waals surface area contributed by atoms with Gasteiger partial charge >= 0.3 is 0 Å². The number of primary amides is 1. The molecule has 7 heteroatoms. The summed E-state index contributed by atoms with van der Waals surface area (Å²) < 4.78 is 15.2. The van der Waals surface area contributed by atoms with Gasteiger partial charge in [-0.15, -0.1) is 0 Å². The fraction of sp³-hybridized carbons (Fsp3) is 0.111. The number of amides is 1. The maximum atomic E-state index is 13.9. The molecule has 3 aromatic rings. The molecule has 0 aliphatic rings. The summed E-state index contributed by atoms with van der Waals surface area (Å²) in [5.74, 6) is -2.42. The third-order valence-corrected chi connectivity index (χ3v) is 4.30. The standard InChI is InChI=1S/C18H14ClFN2O3/c1-9-12(7-17(21)24)13-6-16(23)14(20)8-15(13)22(9)18(25)10-2-4-11(19)5-3-10/h2-6,8,23H,7H2,1H3,(H2,21,24). The zero-order chi connectivity index (χ0) is 18.3. The summed E-state index contributed by atoms with van der Waals surface area (Å²) >= 11 is 5.84. The Balaban J connectivity index is 2.28. The molecule has 0 aliphatic carbocycles. The Kier molecular flexibility index (Phi) is 4.22. The molecule has 3 N–H and O–H groups in total. The number of rotatable bonds is 3. The van der Waals surface area contributed by atoms with Crippen LogP contribution in [0.4, 0.5) is 4.39 Å². The van der Waals surface area contributed by atoms with Crippen LogP contribution in [0.25, 0.3) is 10.9 Å². The Morgan fingerprint density at radius 3 is 2.48 bits per heavy atom. The molecule has 0 saturated heterocycles. The highest BCUT2D eigenvalue weighted by Gasteiger charge is 2.22. The van der Waals surface area contributed by atoms with Gasteiger partial charge in [0.05, 0.1) is 11.9 Å². The number of benzene rings is 2. The molecule has 3 rings (SSSR count). The molecular weight excluding hydrogens is 347 g/mol. The first kappa shape index (κ1) is 17.0. The maximum absolute atomic E-state index is 13.9. The van der Waals surface area contributed by atoms with E-state index in [-0.39, 0.29) is 11.9 Å². The van der Waals surface area contributed by atoms with Gasteiger partial charge in [0.15, 0.2) is 11.6 Å². The van der Waals surface area contributed by atoms with Crippen LogP contribution in [0.2, 0.25) is 5.02 Å². The molecule has 0 aliphatic heterocycles. The highest BCUT2D eigenvalue weighted by Crippen LogP contribution is 2.32. The van der Waals surface area contributed by atoms with Crippen LogP contribution in [0, 0.1) is 12.7 Å². The van der Waals surface area contributed by atoms with E-state index in [1.54, 1.807) is 31.2 Å². The minimum Gasteiger partial charge on any atom is -0.505 e. The van der Waals surface area contributed by atoms with Crippen molar-refractivity contribution in [2.45, 2.75) is 13.3 Å². The molecular formula is C18H14ClFN2O3. The van der Waals surface area contributed by atoms with Gasteiger partial charge in [0.2, 0.25) is 5.91 Å². The predicted octanol–water partition coefficient (Wildman–Crippen LogP) is 3.16. The second-order valence-corrected chi connectivity index (χ2v) is 6.11. The average molecular weight is 361 g/mol. The van der Waals surface area contributed by atoms with Crippen LogP contribution in [0.3, 0.4) is 0 Å². The van der Waals surface area contributed by atoms with Gasteiger partial charge in [0.1, 0.15) is 0 Å². The molecule has 0 unspecified atom stereocenters. The Hall–Kier alpha value is -2.86. The van der Waals surface area contributed by atoms with Crippen LogP contribution in [0.1, 0.15) is 21.6 Å². The lowest BCUT2D eigenvalue weighted by Crippen LogP contribution is -2.16. The minimum absolute atomic E-state index is 0.131. The second kappa shape index (κ2) is 6.22. The number of hydrogen-bond donors (Lipinski definition) is 2. The molecule has 1 heterocycles. The predicted molar refractivity (Wildman–Crippen MR) is 92.4 cm³/mol. The van der Waals surface area contributed by atoms with Gasteiger partial charge in [-0.25, -0.2) is 4.39 Å². The first-order valence-electron chi connectivity index (χ1n) is 7.40. The summed E-state index contributed by atoms with van der Waals surface area (Å²) in [6.07, 6.45) is -0.131. The van der Waals surface area contributed by atoms with E-state index >= 15 is 0 Å². The molecule has 0 radical (unpaired) electrons. The third-order valence-electron chi connectivity index (χ3n) is 4.05. The van der Waals surface area contributed by atoms with E-state index < -0.39 is 23.4 Å². The van der Waals surface area contributed by atoms with Crippen molar-refractivity contribution >= 4 is 34.3 Å². The Labute approximate surface area is 147 Å². The molecule has 0 saturated carbocycles. The zero-order valence-corrected chi connectivity index (χ0v) is 14.0. The van der Waals surface area contributed by atoms with Gasteiger partial charge in [0.25, 0.3) is 5.91 Å². The van der Waals surface area contributed by atoms with Crippen molar-refractivity contribution in [2.24, 2.45) is 5.73 Å². The fourth-order valence-electron chi connectivity index (χ4n) is 2.87. The number of nitrogens with two attached hydrogens (primary N) is 1. The SMILES string of the molecule is Cc1c(CC(N)=O)c2cc(O)c(F)cc2n1C(=O)c1ccc(Cl)cc1. The van der Waals surface area contributed by atoms with Crippen LogP contribution in [0.15, 0.2) is 36.4 Å². The monoisotopic (exact) mass is 360 g/mol. The van der Waals surface area contributed by atoms with E-state index in [0.717, 1.165) is 6.07 Å². The van der Waals surface area contributed by atoms with E-state index in [4.69, 9.17) is 17.3 Å². The lowest BCUT2D eigenvalue weighted by molar-refractivity contribution is -0.117. The van der Waals surface area contributed by atoms with Crippen molar-refractivity contribution in [3.05, 3.63) is 64.1 Å². The van der Waals surface area contributed by atoms with Gasteiger partial charge in [-0.05, 0) is 42.8 Å². The van der Waals surface area contributed by atoms with Crippen molar-refractivity contribution < 1.29 is 19.1 Å². The van der Waals surface area contributed by atoms with Crippen molar-refractivity contribution in [1.29, 1.82) is 0 Å². The fourth-order valence-corrected chi connectivity index (χ4v) is 3.00. The van der Waals surface area contributed by atoms with E-state index in [0.29, 0.717) is 27.2 Å². The summed E-state index contributed by atoms with van der Waals surface area (Å²) in [6, 6.07) is 8.53. The van der Waals surface area contributed by atoms with Gasteiger partial charge in [-0.2, -0.15) is 0 Å². The van der Waals surface area contributed by atoms with E-state index in [1.807, 2.05) is 0 Å². The summed E-state index contributed by atoms with van der Waals surface area (Å²) in [5, 5.41) is 10.5. The number of hydrogen-bond acceptors (Lipinski definition) is 3. The molecule has 0 atom stereocenters.